The van der Waals surface area contributed by atoms with Crippen LogP contribution < -0.4 is 10.6 Å². The number of nitrogens with zero attached hydrogens (tertiary/aromatic N) is 3. The number of rotatable bonds is 9. The fourth-order valence-electron chi connectivity index (χ4n) is 3.27. The van der Waals surface area contributed by atoms with E-state index in [0.29, 0.717) is 11.5 Å². The molecule has 1 heterocycles. The number of unbranched alkanes of at least 4 members (excludes halogenated alkanes) is 2. The van der Waals surface area contributed by atoms with E-state index in [4.69, 9.17) is 6.42 Å². The Labute approximate surface area is 184 Å². The van der Waals surface area contributed by atoms with E-state index in [0.717, 1.165) is 60.9 Å². The Morgan fingerprint density at radius 3 is 2.52 bits per heavy atom. The van der Waals surface area contributed by atoms with E-state index in [1.54, 1.807) is 0 Å². The van der Waals surface area contributed by atoms with Crippen molar-refractivity contribution in [3.63, 3.8) is 0 Å². The molecule has 2 aromatic carbocycles. The summed E-state index contributed by atoms with van der Waals surface area (Å²) in [6, 6.07) is 13.2. The summed E-state index contributed by atoms with van der Waals surface area (Å²) in [5, 5.41) is 7.17. The molecular weight excluding hydrogens is 386 g/mol. The highest BCUT2D eigenvalue weighted by Gasteiger charge is 2.14. The first-order chi connectivity index (χ1) is 15.1. The number of carbonyl (C=O) groups excluding carboxylic acids is 1. The molecule has 6 nitrogen and oxygen atoms in total. The highest BCUT2D eigenvalue weighted by molar-refractivity contribution is 5.96. The number of hydrogen-bond donors (Lipinski definition) is 2. The van der Waals surface area contributed by atoms with Crippen LogP contribution >= 0.6 is 0 Å². The zero-order valence-electron chi connectivity index (χ0n) is 18.2. The molecule has 0 spiro atoms. The maximum Gasteiger partial charge on any atom is 0.321 e. The van der Waals surface area contributed by atoms with Gasteiger partial charge in [-0.2, -0.15) is 0 Å². The summed E-state index contributed by atoms with van der Waals surface area (Å²) in [5.41, 5.74) is 3.13. The van der Waals surface area contributed by atoms with Crippen LogP contribution in [0.25, 0.3) is 10.9 Å². The van der Waals surface area contributed by atoms with Crippen molar-refractivity contribution < 1.29 is 4.79 Å². The average Bonchev–Trinajstić information content (AvgIpc) is 2.79. The molecule has 0 bridgehead atoms. The Hall–Kier alpha value is -3.59. The average molecular weight is 416 g/mol. The monoisotopic (exact) mass is 415 g/mol. The molecule has 0 saturated carbocycles. The number of benzene rings is 2. The Morgan fingerprint density at radius 2 is 1.81 bits per heavy atom. The van der Waals surface area contributed by atoms with Gasteiger partial charge in [0.15, 0.2) is 0 Å². The van der Waals surface area contributed by atoms with Crippen molar-refractivity contribution in [2.24, 2.45) is 0 Å². The van der Waals surface area contributed by atoms with Crippen LogP contribution in [0.15, 0.2) is 48.8 Å². The van der Waals surface area contributed by atoms with E-state index in [-0.39, 0.29) is 6.03 Å². The molecule has 0 atom stereocenters. The first-order valence-electron chi connectivity index (χ1n) is 10.8. The minimum absolute atomic E-state index is 0.0747. The predicted molar refractivity (Wildman–Crippen MR) is 128 cm³/mol. The molecule has 31 heavy (non-hydrogen) atoms. The van der Waals surface area contributed by atoms with Crippen molar-refractivity contribution in [2.75, 3.05) is 23.7 Å². The highest BCUT2D eigenvalue weighted by atomic mass is 16.2. The van der Waals surface area contributed by atoms with Crippen LogP contribution in [-0.2, 0) is 0 Å². The minimum atomic E-state index is -0.0747. The second-order valence-electron chi connectivity index (χ2n) is 7.43. The third-order valence-electron chi connectivity index (χ3n) is 5.03. The summed E-state index contributed by atoms with van der Waals surface area (Å²) in [6.45, 7) is 5.79. The Morgan fingerprint density at radius 1 is 1.03 bits per heavy atom. The summed E-state index contributed by atoms with van der Waals surface area (Å²) >= 11 is 0. The van der Waals surface area contributed by atoms with E-state index >= 15 is 0 Å². The SMILES string of the molecule is C#Cc1cccc(Nc2ncnc3ccc(NC(=O)N(CCCC)CCCC)cc23)c1. The van der Waals surface area contributed by atoms with Crippen molar-refractivity contribution in [3.05, 3.63) is 54.4 Å². The van der Waals surface area contributed by atoms with Crippen LogP contribution in [-0.4, -0.2) is 34.0 Å². The van der Waals surface area contributed by atoms with Crippen molar-refractivity contribution in [3.8, 4) is 12.3 Å². The van der Waals surface area contributed by atoms with Gasteiger partial charge in [0.05, 0.1) is 5.52 Å². The summed E-state index contributed by atoms with van der Waals surface area (Å²) in [6.07, 6.45) is 11.1. The molecule has 3 rings (SSSR count). The molecule has 2 N–H and O–H groups in total. The highest BCUT2D eigenvalue weighted by Crippen LogP contribution is 2.26. The minimum Gasteiger partial charge on any atom is -0.340 e. The number of hydrogen-bond acceptors (Lipinski definition) is 4. The van der Waals surface area contributed by atoms with Crippen molar-refractivity contribution >= 4 is 34.1 Å². The third-order valence-corrected chi connectivity index (χ3v) is 5.03. The van der Waals surface area contributed by atoms with Gasteiger partial charge < -0.3 is 15.5 Å². The van der Waals surface area contributed by atoms with E-state index in [2.05, 4.69) is 40.4 Å². The molecule has 2 amide bonds. The fraction of sp³-hybridized carbons (Fsp3) is 0.320. The zero-order valence-corrected chi connectivity index (χ0v) is 18.2. The summed E-state index contributed by atoms with van der Waals surface area (Å²) in [7, 11) is 0. The largest absolute Gasteiger partial charge is 0.340 e. The molecule has 1 aromatic heterocycles. The zero-order chi connectivity index (χ0) is 22.1. The van der Waals surface area contributed by atoms with Crippen molar-refractivity contribution in [1.82, 2.24) is 14.9 Å². The van der Waals surface area contributed by atoms with Crippen LogP contribution in [0.4, 0.5) is 22.0 Å². The number of fused-ring (bicyclic) bond motifs is 1. The summed E-state index contributed by atoms with van der Waals surface area (Å²) < 4.78 is 0. The van der Waals surface area contributed by atoms with Crippen molar-refractivity contribution in [1.29, 1.82) is 0 Å². The van der Waals surface area contributed by atoms with Gasteiger partial charge in [0.25, 0.3) is 0 Å². The lowest BCUT2D eigenvalue weighted by Crippen LogP contribution is -2.36. The van der Waals surface area contributed by atoms with Gasteiger partial charge in [-0.05, 0) is 49.2 Å². The number of aromatic nitrogens is 2. The molecule has 0 unspecified atom stereocenters. The standard InChI is InChI=1S/C25H29N5O/c1-4-7-14-30(15-8-5-2)25(31)29-21-12-13-23-22(17-21)24(27-18-26-23)28-20-11-9-10-19(6-3)16-20/h3,9-13,16-18H,4-5,7-8,14-15H2,1-2H3,(H,29,31)(H,26,27,28). The van der Waals surface area contributed by atoms with Crippen LogP contribution in [0.1, 0.15) is 45.1 Å². The van der Waals surface area contributed by atoms with Crippen LogP contribution in [0, 0.1) is 12.3 Å². The second kappa shape index (κ2) is 11.0. The van der Waals surface area contributed by atoms with Gasteiger partial charge in [-0.3, -0.25) is 0 Å². The number of anilines is 3. The lowest BCUT2D eigenvalue weighted by molar-refractivity contribution is 0.210. The Bertz CT molecular complexity index is 1060. The fourth-order valence-corrected chi connectivity index (χ4v) is 3.27. The number of carbonyl (C=O) groups is 1. The third kappa shape index (κ3) is 5.95. The molecule has 6 heteroatoms. The van der Waals surface area contributed by atoms with Crippen LogP contribution in [0.2, 0.25) is 0 Å². The first kappa shape index (κ1) is 22.1. The lowest BCUT2D eigenvalue weighted by Gasteiger charge is -2.23. The Kier molecular flexibility index (Phi) is 7.83. The van der Waals surface area contributed by atoms with Crippen molar-refractivity contribution in [2.45, 2.75) is 39.5 Å². The molecule has 0 aliphatic heterocycles. The normalized spacial score (nSPS) is 10.5. The van der Waals surface area contributed by atoms with Gasteiger partial charge in [0.2, 0.25) is 0 Å². The maximum absolute atomic E-state index is 12.9. The van der Waals surface area contributed by atoms with Crippen LogP contribution in [0.3, 0.4) is 0 Å². The molecule has 160 valence electrons. The van der Waals surface area contributed by atoms with E-state index in [1.807, 2.05) is 47.4 Å². The quantitative estimate of drug-likeness (QED) is 0.434. The van der Waals surface area contributed by atoms with Gasteiger partial charge >= 0.3 is 6.03 Å². The van der Waals surface area contributed by atoms with E-state index < -0.39 is 0 Å². The summed E-state index contributed by atoms with van der Waals surface area (Å²) in [4.78, 5) is 23.5. The van der Waals surface area contributed by atoms with Crippen LogP contribution in [0.5, 0.6) is 0 Å². The topological polar surface area (TPSA) is 70.1 Å². The van der Waals surface area contributed by atoms with Gasteiger partial charge in [-0.1, -0.05) is 38.7 Å². The van der Waals surface area contributed by atoms with Gasteiger partial charge in [0, 0.05) is 35.4 Å². The first-order valence-corrected chi connectivity index (χ1v) is 10.8. The number of urea groups is 1. The van der Waals surface area contributed by atoms with Gasteiger partial charge in [-0.25, -0.2) is 14.8 Å². The van der Waals surface area contributed by atoms with Gasteiger partial charge in [-0.15, -0.1) is 6.42 Å². The molecule has 0 fully saturated rings. The molecule has 0 radical (unpaired) electrons. The molecular formula is C25H29N5O. The molecule has 0 saturated heterocycles. The number of terminal acetylenes is 1. The van der Waals surface area contributed by atoms with E-state index in [1.165, 1.54) is 6.33 Å². The number of nitrogens with one attached hydrogen (secondary N) is 2. The molecule has 0 aliphatic rings. The summed E-state index contributed by atoms with van der Waals surface area (Å²) in [5.74, 6) is 3.29. The smallest absolute Gasteiger partial charge is 0.321 e. The maximum atomic E-state index is 12.9. The van der Waals surface area contributed by atoms with E-state index in [9.17, 15) is 4.79 Å². The van der Waals surface area contributed by atoms with Gasteiger partial charge in [0.1, 0.15) is 12.1 Å². The Balaban J connectivity index is 1.83. The lowest BCUT2D eigenvalue weighted by atomic mass is 10.2. The molecule has 0 aliphatic carbocycles. The number of amides is 2. The second-order valence-corrected chi connectivity index (χ2v) is 7.43. The molecule has 3 aromatic rings. The predicted octanol–water partition coefficient (Wildman–Crippen LogP) is 5.79.